The first kappa shape index (κ1) is 14.3. The molecule has 2 aromatic rings. The van der Waals surface area contributed by atoms with Gasteiger partial charge in [-0.15, -0.1) is 0 Å². The molecule has 0 aliphatic heterocycles. The highest BCUT2D eigenvalue weighted by atomic mass is 16.5. The lowest BCUT2D eigenvalue weighted by Crippen LogP contribution is -1.96. The third-order valence-corrected chi connectivity index (χ3v) is 2.96. The summed E-state index contributed by atoms with van der Waals surface area (Å²) in [6.45, 7) is 2.68. The third-order valence-electron chi connectivity index (χ3n) is 2.96. The molecule has 1 aromatic heterocycles. The van der Waals surface area contributed by atoms with Crippen LogP contribution in [0.25, 0.3) is 0 Å². The maximum absolute atomic E-state index is 5.70. The van der Waals surface area contributed by atoms with Crippen LogP contribution in [-0.2, 0) is 13.2 Å². The molecule has 0 saturated carbocycles. The lowest BCUT2D eigenvalue weighted by Gasteiger charge is -2.09. The normalized spacial score (nSPS) is 10.4. The first-order valence-electron chi connectivity index (χ1n) is 6.30. The molecular formula is C15H19NO4. The van der Waals surface area contributed by atoms with Gasteiger partial charge in [0, 0.05) is 18.2 Å². The minimum absolute atomic E-state index is 0.331. The van der Waals surface area contributed by atoms with Crippen molar-refractivity contribution in [3.05, 3.63) is 41.3 Å². The SMILES string of the molecule is COc1cc(OC)cc(OCc2cc(C)c(CN)o2)c1. The van der Waals surface area contributed by atoms with E-state index in [1.165, 1.54) is 0 Å². The number of benzene rings is 1. The summed E-state index contributed by atoms with van der Waals surface area (Å²) in [4.78, 5) is 0. The number of hydrogen-bond acceptors (Lipinski definition) is 5. The molecule has 2 rings (SSSR count). The third kappa shape index (κ3) is 3.24. The number of ether oxygens (including phenoxy) is 3. The van der Waals surface area contributed by atoms with Crippen molar-refractivity contribution in [3.63, 3.8) is 0 Å². The number of aryl methyl sites for hydroxylation is 1. The molecule has 108 valence electrons. The van der Waals surface area contributed by atoms with E-state index in [1.54, 1.807) is 32.4 Å². The molecule has 0 amide bonds. The zero-order valence-corrected chi connectivity index (χ0v) is 11.9. The van der Waals surface area contributed by atoms with Crippen LogP contribution in [0, 0.1) is 6.92 Å². The lowest BCUT2D eigenvalue weighted by molar-refractivity contribution is 0.263. The molecule has 20 heavy (non-hydrogen) atoms. The van der Waals surface area contributed by atoms with Gasteiger partial charge in [-0.1, -0.05) is 0 Å². The number of methoxy groups -OCH3 is 2. The molecule has 1 heterocycles. The highest BCUT2D eigenvalue weighted by Gasteiger charge is 2.08. The molecule has 0 fully saturated rings. The van der Waals surface area contributed by atoms with Crippen LogP contribution in [0.2, 0.25) is 0 Å². The quantitative estimate of drug-likeness (QED) is 0.879. The summed E-state index contributed by atoms with van der Waals surface area (Å²) in [5.74, 6) is 3.54. The summed E-state index contributed by atoms with van der Waals surface area (Å²) >= 11 is 0. The van der Waals surface area contributed by atoms with Gasteiger partial charge in [-0.3, -0.25) is 0 Å². The maximum Gasteiger partial charge on any atom is 0.146 e. The zero-order valence-electron chi connectivity index (χ0n) is 11.9. The fourth-order valence-corrected chi connectivity index (χ4v) is 1.88. The molecule has 0 bridgehead atoms. The fourth-order valence-electron chi connectivity index (χ4n) is 1.88. The molecule has 0 unspecified atom stereocenters. The van der Waals surface area contributed by atoms with Gasteiger partial charge in [-0.2, -0.15) is 0 Å². The van der Waals surface area contributed by atoms with Crippen LogP contribution in [0.15, 0.2) is 28.7 Å². The Morgan fingerprint density at radius 2 is 1.60 bits per heavy atom. The van der Waals surface area contributed by atoms with E-state index in [9.17, 15) is 0 Å². The first-order valence-corrected chi connectivity index (χ1v) is 6.30. The summed E-state index contributed by atoms with van der Waals surface area (Å²) in [5.41, 5.74) is 6.62. The van der Waals surface area contributed by atoms with Crippen LogP contribution in [0.5, 0.6) is 17.2 Å². The summed E-state index contributed by atoms with van der Waals surface area (Å²) in [5, 5.41) is 0. The Kier molecular flexibility index (Phi) is 4.53. The zero-order chi connectivity index (χ0) is 14.5. The van der Waals surface area contributed by atoms with E-state index in [0.717, 1.165) is 17.1 Å². The Morgan fingerprint density at radius 1 is 1.00 bits per heavy atom. The van der Waals surface area contributed by atoms with E-state index in [-0.39, 0.29) is 0 Å². The van der Waals surface area contributed by atoms with Gasteiger partial charge in [0.15, 0.2) is 0 Å². The first-order chi connectivity index (χ1) is 9.66. The number of nitrogens with two attached hydrogens (primary N) is 1. The molecule has 0 aliphatic rings. The molecule has 2 N–H and O–H groups in total. The fraction of sp³-hybridized carbons (Fsp3) is 0.333. The Balaban J connectivity index is 2.09. The molecule has 0 radical (unpaired) electrons. The maximum atomic E-state index is 5.70. The highest BCUT2D eigenvalue weighted by molar-refractivity contribution is 5.42. The highest BCUT2D eigenvalue weighted by Crippen LogP contribution is 2.28. The molecule has 0 aliphatic carbocycles. The average molecular weight is 277 g/mol. The van der Waals surface area contributed by atoms with Gasteiger partial charge in [0.25, 0.3) is 0 Å². The predicted molar refractivity (Wildman–Crippen MR) is 75.2 cm³/mol. The van der Waals surface area contributed by atoms with Gasteiger partial charge in [-0.25, -0.2) is 0 Å². The number of hydrogen-bond donors (Lipinski definition) is 1. The second-order valence-electron chi connectivity index (χ2n) is 4.36. The van der Waals surface area contributed by atoms with Gasteiger partial charge in [0.2, 0.25) is 0 Å². The van der Waals surface area contributed by atoms with Gasteiger partial charge in [0.1, 0.15) is 35.4 Å². The van der Waals surface area contributed by atoms with E-state index in [0.29, 0.717) is 30.4 Å². The minimum atomic E-state index is 0.331. The predicted octanol–water partition coefficient (Wildman–Crippen LogP) is 2.64. The summed E-state index contributed by atoms with van der Waals surface area (Å²) in [6, 6.07) is 7.31. The van der Waals surface area contributed by atoms with Crippen LogP contribution in [0.1, 0.15) is 17.1 Å². The Morgan fingerprint density at radius 3 is 2.10 bits per heavy atom. The Hall–Kier alpha value is -2.14. The van der Waals surface area contributed by atoms with Crippen molar-refractivity contribution in [2.24, 2.45) is 5.73 Å². The van der Waals surface area contributed by atoms with Crippen LogP contribution in [-0.4, -0.2) is 14.2 Å². The lowest BCUT2D eigenvalue weighted by atomic mass is 10.2. The van der Waals surface area contributed by atoms with Crippen molar-refractivity contribution in [2.75, 3.05) is 14.2 Å². The van der Waals surface area contributed by atoms with E-state index >= 15 is 0 Å². The summed E-state index contributed by atoms with van der Waals surface area (Å²) in [6.07, 6.45) is 0. The average Bonchev–Trinajstić information content (AvgIpc) is 2.84. The smallest absolute Gasteiger partial charge is 0.146 e. The standard InChI is InChI=1S/C15H19NO4/c1-10-4-14(20-15(10)8-16)9-19-13-6-11(17-2)5-12(7-13)18-3/h4-7H,8-9,16H2,1-3H3. The summed E-state index contributed by atoms with van der Waals surface area (Å²) in [7, 11) is 3.20. The molecule has 5 heteroatoms. The van der Waals surface area contributed by atoms with Gasteiger partial charge < -0.3 is 24.4 Å². The Bertz CT molecular complexity index is 555. The number of rotatable bonds is 6. The van der Waals surface area contributed by atoms with Crippen molar-refractivity contribution in [1.82, 2.24) is 0 Å². The van der Waals surface area contributed by atoms with Crippen LogP contribution in [0.3, 0.4) is 0 Å². The molecule has 0 saturated heterocycles. The second kappa shape index (κ2) is 6.34. The largest absolute Gasteiger partial charge is 0.496 e. The van der Waals surface area contributed by atoms with Crippen LogP contribution < -0.4 is 19.9 Å². The second-order valence-corrected chi connectivity index (χ2v) is 4.36. The van der Waals surface area contributed by atoms with Crippen LogP contribution >= 0.6 is 0 Å². The van der Waals surface area contributed by atoms with Crippen molar-refractivity contribution >= 4 is 0 Å². The summed E-state index contributed by atoms with van der Waals surface area (Å²) < 4.78 is 21.7. The van der Waals surface area contributed by atoms with Crippen LogP contribution in [0.4, 0.5) is 0 Å². The van der Waals surface area contributed by atoms with Gasteiger partial charge >= 0.3 is 0 Å². The van der Waals surface area contributed by atoms with Gasteiger partial charge in [-0.05, 0) is 18.6 Å². The monoisotopic (exact) mass is 277 g/mol. The number of furan rings is 1. The molecular weight excluding hydrogens is 258 g/mol. The molecule has 5 nitrogen and oxygen atoms in total. The Labute approximate surface area is 118 Å². The van der Waals surface area contributed by atoms with E-state index in [1.807, 2.05) is 13.0 Å². The molecule has 0 atom stereocenters. The van der Waals surface area contributed by atoms with Crippen molar-refractivity contribution in [2.45, 2.75) is 20.1 Å². The van der Waals surface area contributed by atoms with Crippen molar-refractivity contribution < 1.29 is 18.6 Å². The topological polar surface area (TPSA) is 66.8 Å². The minimum Gasteiger partial charge on any atom is -0.496 e. The van der Waals surface area contributed by atoms with Gasteiger partial charge in [0.05, 0.1) is 20.8 Å². The van der Waals surface area contributed by atoms with E-state index in [4.69, 9.17) is 24.4 Å². The van der Waals surface area contributed by atoms with Crippen molar-refractivity contribution in [3.8, 4) is 17.2 Å². The molecule has 1 aromatic carbocycles. The van der Waals surface area contributed by atoms with Crippen molar-refractivity contribution in [1.29, 1.82) is 0 Å². The van der Waals surface area contributed by atoms with E-state index < -0.39 is 0 Å². The van der Waals surface area contributed by atoms with E-state index in [2.05, 4.69) is 0 Å². The molecule has 0 spiro atoms.